The Morgan fingerprint density at radius 1 is 1.10 bits per heavy atom. The number of benzene rings is 2. The smallest absolute Gasteiger partial charge is 0.230 e. The van der Waals surface area contributed by atoms with Gasteiger partial charge in [0.1, 0.15) is 5.69 Å². The summed E-state index contributed by atoms with van der Waals surface area (Å²) in [4.78, 5) is 1.13. The lowest BCUT2D eigenvalue weighted by molar-refractivity contribution is 0.439. The second kappa shape index (κ2) is 5.84. The van der Waals surface area contributed by atoms with Crippen LogP contribution in [0.2, 0.25) is 5.02 Å². The van der Waals surface area contributed by atoms with Crippen molar-refractivity contribution in [2.24, 2.45) is 0 Å². The van der Waals surface area contributed by atoms with Crippen LogP contribution in [-0.2, 0) is 0 Å². The lowest BCUT2D eigenvalue weighted by Crippen LogP contribution is -1.89. The summed E-state index contributed by atoms with van der Waals surface area (Å²) in [7, 11) is 0. The van der Waals surface area contributed by atoms with Crippen molar-refractivity contribution in [2.75, 3.05) is 12.0 Å². The summed E-state index contributed by atoms with van der Waals surface area (Å²) in [5, 5.41) is 4.83. The zero-order chi connectivity index (χ0) is 14.8. The van der Waals surface area contributed by atoms with E-state index in [0.717, 1.165) is 27.3 Å². The van der Waals surface area contributed by atoms with Crippen molar-refractivity contribution >= 4 is 29.2 Å². The third-order valence-corrected chi connectivity index (χ3v) is 4.26. The lowest BCUT2D eigenvalue weighted by atomic mass is 10.0. The normalized spacial score (nSPS) is 10.8. The van der Waals surface area contributed by atoms with Gasteiger partial charge in [0.15, 0.2) is 0 Å². The SMILES string of the molecule is CSc1ccccc1-c1noc(N)c1-c1ccc(Cl)cc1. The molecule has 0 radical (unpaired) electrons. The molecular formula is C16H13ClN2OS. The van der Waals surface area contributed by atoms with Gasteiger partial charge in [0.2, 0.25) is 5.88 Å². The number of hydrogen-bond donors (Lipinski definition) is 1. The molecule has 0 saturated carbocycles. The van der Waals surface area contributed by atoms with Gasteiger partial charge < -0.3 is 10.3 Å². The minimum Gasteiger partial charge on any atom is -0.367 e. The van der Waals surface area contributed by atoms with E-state index in [1.807, 2.05) is 48.7 Å². The minimum atomic E-state index is 0.309. The number of hydrogen-bond acceptors (Lipinski definition) is 4. The van der Waals surface area contributed by atoms with Gasteiger partial charge in [-0.2, -0.15) is 0 Å². The fraction of sp³-hybridized carbons (Fsp3) is 0.0625. The maximum Gasteiger partial charge on any atom is 0.230 e. The second-order valence-corrected chi connectivity index (χ2v) is 5.76. The number of nitrogens with zero attached hydrogens (tertiary/aromatic N) is 1. The first-order valence-electron chi connectivity index (χ1n) is 6.35. The number of rotatable bonds is 3. The summed E-state index contributed by atoms with van der Waals surface area (Å²) < 4.78 is 5.22. The molecule has 0 saturated heterocycles. The molecule has 3 rings (SSSR count). The molecule has 0 aliphatic carbocycles. The summed E-state index contributed by atoms with van der Waals surface area (Å²) in [5.74, 6) is 0.309. The average Bonchev–Trinajstić information content (AvgIpc) is 2.90. The van der Waals surface area contributed by atoms with E-state index >= 15 is 0 Å². The van der Waals surface area contributed by atoms with Crippen LogP contribution in [0.5, 0.6) is 0 Å². The van der Waals surface area contributed by atoms with E-state index < -0.39 is 0 Å². The molecule has 0 atom stereocenters. The third kappa shape index (κ3) is 2.64. The van der Waals surface area contributed by atoms with Crippen LogP contribution in [0.4, 0.5) is 5.88 Å². The molecule has 1 aromatic heterocycles. The van der Waals surface area contributed by atoms with E-state index in [-0.39, 0.29) is 0 Å². The predicted molar refractivity (Wildman–Crippen MR) is 88.6 cm³/mol. The van der Waals surface area contributed by atoms with Crippen LogP contribution in [0.15, 0.2) is 57.9 Å². The van der Waals surface area contributed by atoms with Crippen molar-refractivity contribution in [3.05, 3.63) is 53.6 Å². The van der Waals surface area contributed by atoms with Gasteiger partial charge in [-0.25, -0.2) is 0 Å². The van der Waals surface area contributed by atoms with Crippen molar-refractivity contribution in [3.63, 3.8) is 0 Å². The Bertz CT molecular complexity index is 768. The van der Waals surface area contributed by atoms with Crippen molar-refractivity contribution in [1.82, 2.24) is 5.16 Å². The molecule has 0 bridgehead atoms. The third-order valence-electron chi connectivity index (χ3n) is 3.21. The Labute approximate surface area is 132 Å². The van der Waals surface area contributed by atoms with Gasteiger partial charge in [-0.05, 0) is 30.0 Å². The maximum absolute atomic E-state index is 5.97. The van der Waals surface area contributed by atoms with E-state index in [9.17, 15) is 0 Å². The van der Waals surface area contributed by atoms with Crippen LogP contribution in [0.25, 0.3) is 22.4 Å². The molecule has 1 heterocycles. The van der Waals surface area contributed by atoms with E-state index in [4.69, 9.17) is 21.9 Å². The first-order chi connectivity index (χ1) is 10.2. The van der Waals surface area contributed by atoms with Gasteiger partial charge in [-0.1, -0.05) is 47.1 Å². The highest BCUT2D eigenvalue weighted by atomic mass is 35.5. The van der Waals surface area contributed by atoms with Crippen LogP contribution in [0.1, 0.15) is 0 Å². The Morgan fingerprint density at radius 3 is 2.52 bits per heavy atom. The highest BCUT2D eigenvalue weighted by molar-refractivity contribution is 7.98. The van der Waals surface area contributed by atoms with Crippen LogP contribution in [-0.4, -0.2) is 11.4 Å². The molecule has 2 aromatic carbocycles. The van der Waals surface area contributed by atoms with Gasteiger partial charge in [0, 0.05) is 15.5 Å². The zero-order valence-corrected chi connectivity index (χ0v) is 12.9. The summed E-state index contributed by atoms with van der Waals surface area (Å²) in [6.07, 6.45) is 2.03. The van der Waals surface area contributed by atoms with Crippen molar-refractivity contribution in [2.45, 2.75) is 4.90 Å². The molecule has 5 heteroatoms. The van der Waals surface area contributed by atoms with Gasteiger partial charge in [-0.3, -0.25) is 0 Å². The average molecular weight is 317 g/mol. The fourth-order valence-electron chi connectivity index (χ4n) is 2.22. The van der Waals surface area contributed by atoms with E-state index in [1.165, 1.54) is 0 Å². The molecule has 0 fully saturated rings. The maximum atomic E-state index is 5.97. The number of nitrogens with two attached hydrogens (primary N) is 1. The number of anilines is 1. The number of aromatic nitrogens is 1. The highest BCUT2D eigenvalue weighted by Gasteiger charge is 2.19. The molecule has 3 aromatic rings. The molecule has 3 nitrogen and oxygen atoms in total. The summed E-state index contributed by atoms with van der Waals surface area (Å²) in [6, 6.07) is 15.5. The largest absolute Gasteiger partial charge is 0.367 e. The summed E-state index contributed by atoms with van der Waals surface area (Å²) >= 11 is 7.61. The second-order valence-electron chi connectivity index (χ2n) is 4.48. The number of thioether (sulfide) groups is 1. The Morgan fingerprint density at radius 2 is 1.81 bits per heavy atom. The first-order valence-corrected chi connectivity index (χ1v) is 7.95. The van der Waals surface area contributed by atoms with E-state index in [0.29, 0.717) is 10.9 Å². The van der Waals surface area contributed by atoms with Crippen molar-refractivity contribution < 1.29 is 4.52 Å². The van der Waals surface area contributed by atoms with Crippen molar-refractivity contribution in [3.8, 4) is 22.4 Å². The number of nitrogen functional groups attached to an aromatic ring is 1. The van der Waals surface area contributed by atoms with Crippen LogP contribution < -0.4 is 5.73 Å². The summed E-state index contributed by atoms with van der Waals surface area (Å²) in [5.41, 5.74) is 9.46. The predicted octanol–water partition coefficient (Wildman–Crippen LogP) is 4.97. The van der Waals surface area contributed by atoms with E-state index in [2.05, 4.69) is 11.2 Å². The Kier molecular flexibility index (Phi) is 3.90. The van der Waals surface area contributed by atoms with Crippen LogP contribution >= 0.6 is 23.4 Å². The van der Waals surface area contributed by atoms with Gasteiger partial charge in [-0.15, -0.1) is 11.8 Å². The molecule has 0 unspecified atom stereocenters. The molecular weight excluding hydrogens is 304 g/mol. The topological polar surface area (TPSA) is 52.0 Å². The Balaban J connectivity index is 2.19. The lowest BCUT2D eigenvalue weighted by Gasteiger charge is -2.07. The standard InChI is InChI=1S/C16H13ClN2OS/c1-21-13-5-3-2-4-12(13)15-14(16(18)20-19-15)10-6-8-11(17)9-7-10/h2-9H,18H2,1H3. The van der Waals surface area contributed by atoms with Gasteiger partial charge >= 0.3 is 0 Å². The molecule has 0 amide bonds. The number of halogens is 1. The monoisotopic (exact) mass is 316 g/mol. The molecule has 2 N–H and O–H groups in total. The quantitative estimate of drug-likeness (QED) is 0.693. The minimum absolute atomic E-state index is 0.309. The molecule has 21 heavy (non-hydrogen) atoms. The molecule has 0 spiro atoms. The molecule has 0 aliphatic heterocycles. The van der Waals surface area contributed by atoms with Gasteiger partial charge in [0.25, 0.3) is 0 Å². The van der Waals surface area contributed by atoms with Crippen LogP contribution in [0.3, 0.4) is 0 Å². The zero-order valence-electron chi connectivity index (χ0n) is 11.3. The van der Waals surface area contributed by atoms with Crippen LogP contribution in [0, 0.1) is 0 Å². The van der Waals surface area contributed by atoms with Gasteiger partial charge in [0.05, 0.1) is 5.56 Å². The fourth-order valence-corrected chi connectivity index (χ4v) is 2.95. The summed E-state index contributed by atoms with van der Waals surface area (Å²) in [6.45, 7) is 0. The first kappa shape index (κ1) is 14.0. The van der Waals surface area contributed by atoms with Crippen molar-refractivity contribution in [1.29, 1.82) is 0 Å². The highest BCUT2D eigenvalue weighted by Crippen LogP contribution is 2.39. The molecule has 106 valence electrons. The Hall–Kier alpha value is -1.91. The molecule has 0 aliphatic rings. The van der Waals surface area contributed by atoms with E-state index in [1.54, 1.807) is 11.8 Å².